The molecule has 116 valence electrons. The average Bonchev–Trinajstić information content (AvgIpc) is 2.48. The molecule has 22 heavy (non-hydrogen) atoms. The highest BCUT2D eigenvalue weighted by molar-refractivity contribution is 6.33. The number of carbonyl (C=O) groups is 1. The Labute approximate surface area is 132 Å². The van der Waals surface area contributed by atoms with E-state index in [4.69, 9.17) is 11.6 Å². The Morgan fingerprint density at radius 3 is 2.73 bits per heavy atom. The topological polar surface area (TPSA) is 75.1 Å². The summed E-state index contributed by atoms with van der Waals surface area (Å²) in [6.45, 7) is 1.75. The molecule has 5 nitrogen and oxygen atoms in total. The zero-order chi connectivity index (χ0) is 16.1. The summed E-state index contributed by atoms with van der Waals surface area (Å²) >= 11 is 5.85. The van der Waals surface area contributed by atoms with Gasteiger partial charge >= 0.3 is 0 Å². The van der Waals surface area contributed by atoms with Crippen LogP contribution in [-0.2, 0) is 0 Å². The van der Waals surface area contributed by atoms with Crippen molar-refractivity contribution in [2.45, 2.75) is 25.5 Å². The molecule has 0 aliphatic heterocycles. The second kappa shape index (κ2) is 7.29. The summed E-state index contributed by atoms with van der Waals surface area (Å²) in [5.74, 6) is -0.804. The van der Waals surface area contributed by atoms with E-state index in [-0.39, 0.29) is 29.0 Å². The van der Waals surface area contributed by atoms with Crippen molar-refractivity contribution in [2.24, 2.45) is 0 Å². The lowest BCUT2D eigenvalue weighted by molar-refractivity contribution is 0.0912. The summed E-state index contributed by atoms with van der Waals surface area (Å²) in [6, 6.07) is 5.26. The number of aliphatic hydroxyl groups is 1. The van der Waals surface area contributed by atoms with E-state index >= 15 is 0 Å². The lowest BCUT2D eigenvalue weighted by Crippen LogP contribution is -2.34. The van der Waals surface area contributed by atoms with Crippen LogP contribution < -0.4 is 5.32 Å². The minimum atomic E-state index is -0.809. The smallest absolute Gasteiger partial charge is 0.271 e. The third-order valence-electron chi connectivity index (χ3n) is 3.09. The van der Waals surface area contributed by atoms with E-state index in [2.05, 4.69) is 15.3 Å². The van der Waals surface area contributed by atoms with Gasteiger partial charge in [-0.2, -0.15) is 0 Å². The fourth-order valence-electron chi connectivity index (χ4n) is 1.99. The molecule has 2 N–H and O–H groups in total. The Bertz CT molecular complexity index is 651. The van der Waals surface area contributed by atoms with E-state index in [1.54, 1.807) is 6.92 Å². The normalized spacial score (nSPS) is 13.5. The third-order valence-corrected chi connectivity index (χ3v) is 3.37. The minimum Gasteiger partial charge on any atom is -0.388 e. The summed E-state index contributed by atoms with van der Waals surface area (Å²) in [5, 5.41) is 13.0. The summed E-state index contributed by atoms with van der Waals surface area (Å²) in [6.07, 6.45) is 2.04. The number of benzene rings is 1. The summed E-state index contributed by atoms with van der Waals surface area (Å²) < 4.78 is 12.8. The zero-order valence-corrected chi connectivity index (χ0v) is 12.6. The molecule has 2 rings (SSSR count). The molecule has 0 aliphatic carbocycles. The van der Waals surface area contributed by atoms with Crippen LogP contribution in [0.4, 0.5) is 4.39 Å². The Morgan fingerprint density at radius 1 is 1.41 bits per heavy atom. The summed E-state index contributed by atoms with van der Waals surface area (Å²) in [5.41, 5.74) is 0.669. The quantitative estimate of drug-likeness (QED) is 0.886. The van der Waals surface area contributed by atoms with Gasteiger partial charge in [0.15, 0.2) is 0 Å². The van der Waals surface area contributed by atoms with Crippen LogP contribution >= 0.6 is 11.6 Å². The summed E-state index contributed by atoms with van der Waals surface area (Å²) in [4.78, 5) is 19.5. The van der Waals surface area contributed by atoms with Crippen LogP contribution in [0.2, 0.25) is 5.02 Å². The molecule has 0 aliphatic rings. The van der Waals surface area contributed by atoms with Gasteiger partial charge in [-0.3, -0.25) is 4.79 Å². The maximum atomic E-state index is 12.8. The SMILES string of the molecule is CC(CC(O)c1ccc(F)cc1)NC(=O)c1ncncc1Cl. The molecule has 0 radical (unpaired) electrons. The van der Waals surface area contributed by atoms with Gasteiger partial charge in [0.25, 0.3) is 5.91 Å². The highest BCUT2D eigenvalue weighted by atomic mass is 35.5. The van der Waals surface area contributed by atoms with Crippen LogP contribution in [0.1, 0.15) is 35.5 Å². The zero-order valence-electron chi connectivity index (χ0n) is 11.8. The standard InChI is InChI=1S/C15H15ClFN3O2/c1-9(6-13(21)10-2-4-11(17)5-3-10)20-15(22)14-12(16)7-18-8-19-14/h2-5,7-9,13,21H,6H2,1H3,(H,20,22). The first-order chi connectivity index (χ1) is 10.5. The van der Waals surface area contributed by atoms with Crippen LogP contribution in [0.25, 0.3) is 0 Å². The van der Waals surface area contributed by atoms with Crippen molar-refractivity contribution in [2.75, 3.05) is 0 Å². The fraction of sp³-hybridized carbons (Fsp3) is 0.267. The molecule has 2 aromatic rings. The van der Waals surface area contributed by atoms with Crippen LogP contribution in [-0.4, -0.2) is 27.0 Å². The molecular weight excluding hydrogens is 309 g/mol. The number of nitrogens with one attached hydrogen (secondary N) is 1. The second-order valence-electron chi connectivity index (χ2n) is 4.90. The number of nitrogens with zero attached hydrogens (tertiary/aromatic N) is 2. The van der Waals surface area contributed by atoms with Crippen LogP contribution in [0, 0.1) is 5.82 Å². The van der Waals surface area contributed by atoms with E-state index in [9.17, 15) is 14.3 Å². The lowest BCUT2D eigenvalue weighted by atomic mass is 10.0. The van der Waals surface area contributed by atoms with Crippen LogP contribution in [0.15, 0.2) is 36.8 Å². The molecule has 0 saturated heterocycles. The van der Waals surface area contributed by atoms with Crippen LogP contribution in [0.5, 0.6) is 0 Å². The molecule has 1 heterocycles. The molecule has 0 fully saturated rings. The van der Waals surface area contributed by atoms with Crippen molar-refractivity contribution in [3.63, 3.8) is 0 Å². The largest absolute Gasteiger partial charge is 0.388 e. The van der Waals surface area contributed by atoms with Gasteiger partial charge in [0.2, 0.25) is 0 Å². The van der Waals surface area contributed by atoms with Gasteiger partial charge in [0.05, 0.1) is 11.1 Å². The van der Waals surface area contributed by atoms with Crippen molar-refractivity contribution in [1.82, 2.24) is 15.3 Å². The van der Waals surface area contributed by atoms with E-state index in [1.165, 1.54) is 36.8 Å². The van der Waals surface area contributed by atoms with Gasteiger partial charge < -0.3 is 10.4 Å². The summed E-state index contributed by atoms with van der Waals surface area (Å²) in [7, 11) is 0. The van der Waals surface area contributed by atoms with Crippen molar-refractivity contribution < 1.29 is 14.3 Å². The van der Waals surface area contributed by atoms with Crippen molar-refractivity contribution in [3.8, 4) is 0 Å². The fourth-order valence-corrected chi connectivity index (χ4v) is 2.18. The molecule has 2 unspecified atom stereocenters. The number of hydrogen-bond acceptors (Lipinski definition) is 4. The van der Waals surface area contributed by atoms with Gasteiger partial charge in [-0.25, -0.2) is 14.4 Å². The predicted octanol–water partition coefficient (Wildman–Crippen LogP) is 2.51. The molecule has 0 bridgehead atoms. The molecule has 0 spiro atoms. The maximum absolute atomic E-state index is 12.8. The van der Waals surface area contributed by atoms with Crippen molar-refractivity contribution in [3.05, 3.63) is 58.9 Å². The molecule has 7 heteroatoms. The number of aliphatic hydroxyl groups excluding tert-OH is 1. The number of amides is 1. The van der Waals surface area contributed by atoms with Gasteiger partial charge in [0.1, 0.15) is 17.8 Å². The molecular formula is C15H15ClFN3O2. The first-order valence-electron chi connectivity index (χ1n) is 6.67. The molecule has 1 aromatic heterocycles. The highest BCUT2D eigenvalue weighted by Gasteiger charge is 2.17. The van der Waals surface area contributed by atoms with Crippen LogP contribution in [0.3, 0.4) is 0 Å². The Morgan fingerprint density at radius 2 is 2.09 bits per heavy atom. The van der Waals surface area contributed by atoms with Gasteiger partial charge in [0, 0.05) is 12.2 Å². The van der Waals surface area contributed by atoms with Crippen molar-refractivity contribution >= 4 is 17.5 Å². The van der Waals surface area contributed by atoms with Gasteiger partial charge in [-0.15, -0.1) is 0 Å². The van der Waals surface area contributed by atoms with E-state index < -0.39 is 12.0 Å². The third kappa shape index (κ3) is 4.22. The maximum Gasteiger partial charge on any atom is 0.271 e. The minimum absolute atomic E-state index is 0.0831. The number of carbonyl (C=O) groups excluding carboxylic acids is 1. The van der Waals surface area contributed by atoms with E-state index in [0.717, 1.165) is 0 Å². The monoisotopic (exact) mass is 323 g/mol. The number of halogens is 2. The number of hydrogen-bond donors (Lipinski definition) is 2. The first kappa shape index (κ1) is 16.3. The Kier molecular flexibility index (Phi) is 5.41. The van der Waals surface area contributed by atoms with E-state index in [1.807, 2.05) is 0 Å². The van der Waals surface area contributed by atoms with E-state index in [0.29, 0.717) is 5.56 Å². The Hall–Kier alpha value is -2.05. The Balaban J connectivity index is 1.95. The number of rotatable bonds is 5. The molecule has 1 amide bonds. The molecule has 1 aromatic carbocycles. The average molecular weight is 324 g/mol. The first-order valence-corrected chi connectivity index (χ1v) is 7.05. The second-order valence-corrected chi connectivity index (χ2v) is 5.30. The highest BCUT2D eigenvalue weighted by Crippen LogP contribution is 2.19. The molecule has 2 atom stereocenters. The number of aromatic nitrogens is 2. The van der Waals surface area contributed by atoms with Crippen molar-refractivity contribution in [1.29, 1.82) is 0 Å². The lowest BCUT2D eigenvalue weighted by Gasteiger charge is -2.18. The predicted molar refractivity (Wildman–Crippen MR) is 79.9 cm³/mol. The molecule has 0 saturated carbocycles. The van der Waals surface area contributed by atoms with Gasteiger partial charge in [-0.05, 0) is 31.0 Å². The van der Waals surface area contributed by atoms with Gasteiger partial charge in [-0.1, -0.05) is 23.7 Å².